The monoisotopic (exact) mass is 406 g/mol. The highest BCUT2D eigenvalue weighted by Gasteiger charge is 2.07. The average molecular weight is 406 g/mol. The van der Waals surface area contributed by atoms with Crippen LogP contribution in [-0.2, 0) is 0 Å². The molecule has 0 heterocycles. The summed E-state index contributed by atoms with van der Waals surface area (Å²) in [7, 11) is 0. The molecule has 3 rings (SSSR count). The van der Waals surface area contributed by atoms with Crippen LogP contribution in [0.3, 0.4) is 0 Å². The fraction of sp³-hybridized carbons (Fsp3) is 0. The van der Waals surface area contributed by atoms with Crippen LogP contribution in [0.1, 0.15) is 21.5 Å². The van der Waals surface area contributed by atoms with Gasteiger partial charge in [-0.05, 0) is 42.5 Å². The number of hydrazone groups is 2. The first-order valence-electron chi connectivity index (χ1n) is 8.70. The molecule has 30 heavy (non-hydrogen) atoms. The van der Waals surface area contributed by atoms with E-state index in [1.165, 1.54) is 42.8 Å². The van der Waals surface area contributed by atoms with Gasteiger partial charge in [0.25, 0.3) is 5.91 Å². The lowest BCUT2D eigenvalue weighted by Gasteiger charge is -2.05. The van der Waals surface area contributed by atoms with Crippen LogP contribution in [0.5, 0.6) is 23.0 Å². The number of phenols is 4. The third-order valence-corrected chi connectivity index (χ3v) is 3.98. The number of carbonyl (C=O) groups is 1. The average Bonchev–Trinajstić information content (AvgIpc) is 2.74. The molecular weight excluding hydrogens is 388 g/mol. The zero-order valence-electron chi connectivity index (χ0n) is 15.5. The first kappa shape index (κ1) is 20.2. The predicted octanol–water partition coefficient (Wildman–Crippen LogP) is 2.72. The standard InChI is InChI=1S/C21H18N4O5/c26-17-8-2-5-14(19(17)28)11-22-24-16-7-1-4-13(10-16)21(30)25-23-12-15-6-3-9-18(27)20(15)29/h1-12,24,26-29H,(H,25,30)/b22-11+,23-12+. The lowest BCUT2D eigenvalue weighted by atomic mass is 10.2. The minimum Gasteiger partial charge on any atom is -0.504 e. The van der Waals surface area contributed by atoms with E-state index in [1.807, 2.05) is 0 Å². The Morgan fingerprint density at radius 2 is 1.33 bits per heavy atom. The molecule has 0 aliphatic heterocycles. The first-order chi connectivity index (χ1) is 14.5. The maximum Gasteiger partial charge on any atom is 0.271 e. The summed E-state index contributed by atoms with van der Waals surface area (Å²) in [5.41, 5.74) is 6.43. The van der Waals surface area contributed by atoms with Crippen LogP contribution >= 0.6 is 0 Å². The molecule has 0 saturated carbocycles. The zero-order valence-corrected chi connectivity index (χ0v) is 15.5. The number of anilines is 1. The van der Waals surface area contributed by atoms with Gasteiger partial charge < -0.3 is 20.4 Å². The highest BCUT2D eigenvalue weighted by molar-refractivity contribution is 5.96. The van der Waals surface area contributed by atoms with Gasteiger partial charge in [-0.1, -0.05) is 18.2 Å². The van der Waals surface area contributed by atoms with Crippen molar-refractivity contribution >= 4 is 24.0 Å². The molecule has 0 fully saturated rings. The second-order valence-corrected chi connectivity index (χ2v) is 6.08. The van der Waals surface area contributed by atoms with Gasteiger partial charge in [-0.15, -0.1) is 0 Å². The van der Waals surface area contributed by atoms with Gasteiger partial charge in [-0.25, -0.2) is 5.43 Å². The number of benzene rings is 3. The van der Waals surface area contributed by atoms with E-state index in [1.54, 1.807) is 30.3 Å². The van der Waals surface area contributed by atoms with E-state index < -0.39 is 5.91 Å². The molecule has 0 aliphatic rings. The Bertz CT molecular complexity index is 1130. The summed E-state index contributed by atoms with van der Waals surface area (Å²) in [6.07, 6.45) is 2.54. The van der Waals surface area contributed by atoms with E-state index in [0.717, 1.165) is 0 Å². The molecule has 1 amide bonds. The minimum atomic E-state index is -0.496. The molecule has 0 atom stereocenters. The van der Waals surface area contributed by atoms with Crippen molar-refractivity contribution in [3.63, 3.8) is 0 Å². The normalized spacial score (nSPS) is 11.1. The Morgan fingerprint density at radius 1 is 0.767 bits per heavy atom. The molecule has 9 heteroatoms. The molecule has 0 saturated heterocycles. The molecule has 6 N–H and O–H groups in total. The van der Waals surface area contributed by atoms with E-state index in [2.05, 4.69) is 21.1 Å². The Morgan fingerprint density at radius 3 is 1.97 bits per heavy atom. The lowest BCUT2D eigenvalue weighted by Crippen LogP contribution is -2.17. The van der Waals surface area contributed by atoms with E-state index in [9.17, 15) is 25.2 Å². The van der Waals surface area contributed by atoms with E-state index in [4.69, 9.17) is 0 Å². The van der Waals surface area contributed by atoms with Crippen molar-refractivity contribution in [3.05, 3.63) is 77.4 Å². The van der Waals surface area contributed by atoms with E-state index in [0.29, 0.717) is 16.8 Å². The first-order valence-corrected chi connectivity index (χ1v) is 8.70. The van der Waals surface area contributed by atoms with Crippen molar-refractivity contribution in [2.75, 3.05) is 5.43 Å². The number of hydrogen-bond donors (Lipinski definition) is 6. The molecule has 0 unspecified atom stereocenters. The summed E-state index contributed by atoms with van der Waals surface area (Å²) in [6, 6.07) is 15.3. The Hall–Kier alpha value is -4.53. The third-order valence-electron chi connectivity index (χ3n) is 3.98. The van der Waals surface area contributed by atoms with Crippen molar-refractivity contribution in [1.82, 2.24) is 5.43 Å². The minimum absolute atomic E-state index is 0.246. The SMILES string of the molecule is O=C(N/N=C/c1cccc(O)c1O)c1cccc(N/N=C/c2cccc(O)c2O)c1. The van der Waals surface area contributed by atoms with E-state index >= 15 is 0 Å². The fourth-order valence-corrected chi connectivity index (χ4v) is 2.44. The summed E-state index contributed by atoms with van der Waals surface area (Å²) in [5, 5.41) is 46.1. The number of amides is 1. The van der Waals surface area contributed by atoms with Crippen LogP contribution in [0.2, 0.25) is 0 Å². The van der Waals surface area contributed by atoms with Crippen LogP contribution in [0.4, 0.5) is 5.69 Å². The molecule has 0 spiro atoms. The second kappa shape index (κ2) is 9.11. The van der Waals surface area contributed by atoms with Gasteiger partial charge in [0.05, 0.1) is 18.1 Å². The number of carbonyl (C=O) groups excluding carboxylic acids is 1. The van der Waals surface area contributed by atoms with Crippen LogP contribution in [0, 0.1) is 0 Å². The quantitative estimate of drug-likeness (QED) is 0.211. The van der Waals surface area contributed by atoms with Crippen molar-refractivity contribution in [1.29, 1.82) is 0 Å². The van der Waals surface area contributed by atoms with Crippen molar-refractivity contribution < 1.29 is 25.2 Å². The number of nitrogens with one attached hydrogen (secondary N) is 2. The molecule has 0 aliphatic carbocycles. The van der Waals surface area contributed by atoms with Gasteiger partial charge in [0.2, 0.25) is 0 Å². The molecule has 3 aromatic carbocycles. The van der Waals surface area contributed by atoms with Gasteiger partial charge in [0.15, 0.2) is 23.0 Å². The summed E-state index contributed by atoms with van der Waals surface area (Å²) in [5.74, 6) is -1.66. The number of nitrogens with zero attached hydrogens (tertiary/aromatic N) is 2. The van der Waals surface area contributed by atoms with Gasteiger partial charge >= 0.3 is 0 Å². The molecule has 0 aromatic heterocycles. The Labute approximate surface area is 171 Å². The fourth-order valence-electron chi connectivity index (χ4n) is 2.44. The molecule has 9 nitrogen and oxygen atoms in total. The third kappa shape index (κ3) is 4.84. The Balaban J connectivity index is 1.63. The van der Waals surface area contributed by atoms with Crippen molar-refractivity contribution in [2.24, 2.45) is 10.2 Å². The molecule has 3 aromatic rings. The highest BCUT2D eigenvalue weighted by atomic mass is 16.3. The highest BCUT2D eigenvalue weighted by Crippen LogP contribution is 2.27. The van der Waals surface area contributed by atoms with E-state index in [-0.39, 0.29) is 28.6 Å². The van der Waals surface area contributed by atoms with Gasteiger partial charge in [-0.3, -0.25) is 10.2 Å². The summed E-state index contributed by atoms with van der Waals surface area (Å²) >= 11 is 0. The van der Waals surface area contributed by atoms with Crippen LogP contribution < -0.4 is 10.9 Å². The second-order valence-electron chi connectivity index (χ2n) is 6.08. The summed E-state index contributed by atoms with van der Waals surface area (Å²) < 4.78 is 0. The number of hydrogen-bond acceptors (Lipinski definition) is 8. The maximum atomic E-state index is 12.3. The molecular formula is C21H18N4O5. The van der Waals surface area contributed by atoms with Gasteiger partial charge in [0, 0.05) is 16.7 Å². The van der Waals surface area contributed by atoms with Crippen LogP contribution in [-0.4, -0.2) is 38.8 Å². The number of para-hydroxylation sites is 2. The van der Waals surface area contributed by atoms with Crippen LogP contribution in [0.25, 0.3) is 0 Å². The largest absolute Gasteiger partial charge is 0.504 e. The molecule has 0 radical (unpaired) electrons. The molecule has 152 valence electrons. The molecule has 0 bridgehead atoms. The van der Waals surface area contributed by atoms with Crippen LogP contribution in [0.15, 0.2) is 70.9 Å². The lowest BCUT2D eigenvalue weighted by molar-refractivity contribution is 0.0955. The van der Waals surface area contributed by atoms with Gasteiger partial charge in [-0.2, -0.15) is 10.2 Å². The predicted molar refractivity (Wildman–Crippen MR) is 112 cm³/mol. The van der Waals surface area contributed by atoms with Gasteiger partial charge in [0.1, 0.15) is 0 Å². The number of rotatable bonds is 6. The smallest absolute Gasteiger partial charge is 0.271 e. The maximum absolute atomic E-state index is 12.3. The number of aromatic hydroxyl groups is 4. The topological polar surface area (TPSA) is 147 Å². The zero-order chi connectivity index (χ0) is 21.5. The summed E-state index contributed by atoms with van der Waals surface area (Å²) in [4.78, 5) is 12.3. The number of phenolic OH excluding ortho intramolecular Hbond substituents is 4. The van der Waals surface area contributed by atoms with Crippen molar-refractivity contribution in [3.8, 4) is 23.0 Å². The van der Waals surface area contributed by atoms with Crippen molar-refractivity contribution in [2.45, 2.75) is 0 Å². The Kier molecular flexibility index (Phi) is 6.14. The summed E-state index contributed by atoms with van der Waals surface area (Å²) in [6.45, 7) is 0.